The van der Waals surface area contributed by atoms with Crippen molar-refractivity contribution in [1.29, 1.82) is 0 Å². The number of rotatable bonds is 10. The largest absolute Gasteiger partial charge is 0.491 e. The number of hydrogen-bond acceptors (Lipinski definition) is 3. The molecule has 110 valence electrons. The summed E-state index contributed by atoms with van der Waals surface area (Å²) in [4.78, 5) is 0. The van der Waals surface area contributed by atoms with Crippen LogP contribution in [0.3, 0.4) is 0 Å². The van der Waals surface area contributed by atoms with E-state index in [-0.39, 0.29) is 19.0 Å². The van der Waals surface area contributed by atoms with Gasteiger partial charge in [-0.15, -0.1) is 12.4 Å². The highest BCUT2D eigenvalue weighted by Crippen LogP contribution is 2.11. The zero-order chi connectivity index (χ0) is 13.1. The lowest BCUT2D eigenvalue weighted by atomic mass is 10.2. The number of nitrogens with one attached hydrogen (secondary N) is 1. The Kier molecular flexibility index (Phi) is 11.8. The van der Waals surface area contributed by atoms with Crippen LogP contribution in [-0.2, 0) is 6.54 Å². The van der Waals surface area contributed by atoms with E-state index >= 15 is 0 Å². The molecule has 0 saturated heterocycles. The van der Waals surface area contributed by atoms with Crippen molar-refractivity contribution in [3.63, 3.8) is 0 Å². The van der Waals surface area contributed by atoms with Crippen molar-refractivity contribution in [2.24, 2.45) is 0 Å². The van der Waals surface area contributed by atoms with Crippen LogP contribution in [0.5, 0.6) is 5.75 Å². The summed E-state index contributed by atoms with van der Waals surface area (Å²) in [5.74, 6) is 0.816. The van der Waals surface area contributed by atoms with Crippen LogP contribution in [0.4, 0.5) is 0 Å². The molecule has 1 rings (SSSR count). The van der Waals surface area contributed by atoms with Gasteiger partial charge in [0, 0.05) is 6.54 Å². The van der Waals surface area contributed by atoms with Crippen molar-refractivity contribution in [1.82, 2.24) is 5.32 Å². The van der Waals surface area contributed by atoms with Crippen molar-refractivity contribution >= 4 is 12.4 Å². The topological polar surface area (TPSA) is 41.5 Å². The van der Waals surface area contributed by atoms with E-state index < -0.39 is 0 Å². The minimum Gasteiger partial charge on any atom is -0.491 e. The third-order valence-corrected chi connectivity index (χ3v) is 2.82. The second kappa shape index (κ2) is 12.3. The van der Waals surface area contributed by atoms with E-state index in [2.05, 4.69) is 24.4 Å². The third-order valence-electron chi connectivity index (χ3n) is 2.82. The quantitative estimate of drug-likeness (QED) is 0.650. The Bertz CT molecular complexity index is 304. The number of benzene rings is 1. The van der Waals surface area contributed by atoms with Crippen molar-refractivity contribution < 1.29 is 9.84 Å². The van der Waals surface area contributed by atoms with Gasteiger partial charge >= 0.3 is 0 Å². The average molecular weight is 288 g/mol. The molecule has 0 aromatic heterocycles. The van der Waals surface area contributed by atoms with Crippen LogP contribution in [0, 0.1) is 0 Å². The molecular weight excluding hydrogens is 262 g/mol. The molecule has 0 saturated carbocycles. The first-order valence-electron chi connectivity index (χ1n) is 6.90. The van der Waals surface area contributed by atoms with Crippen LogP contribution in [0.15, 0.2) is 24.3 Å². The molecule has 4 heteroatoms. The van der Waals surface area contributed by atoms with E-state index in [0.717, 1.165) is 18.8 Å². The molecule has 0 radical (unpaired) electrons. The fourth-order valence-electron chi connectivity index (χ4n) is 1.78. The maximum atomic E-state index is 8.65. The molecule has 1 aromatic carbocycles. The Morgan fingerprint density at radius 3 is 2.47 bits per heavy atom. The fraction of sp³-hybridized carbons (Fsp3) is 0.600. The van der Waals surface area contributed by atoms with Gasteiger partial charge < -0.3 is 15.2 Å². The number of aliphatic hydroxyl groups excluding tert-OH is 1. The minimum absolute atomic E-state index is 0. The van der Waals surface area contributed by atoms with Gasteiger partial charge in [-0.3, -0.25) is 0 Å². The zero-order valence-electron chi connectivity index (χ0n) is 11.7. The SMILES string of the molecule is CCCCCCNCc1ccc(OCCO)cc1.Cl. The molecule has 0 unspecified atom stereocenters. The van der Waals surface area contributed by atoms with E-state index in [1.807, 2.05) is 12.1 Å². The lowest BCUT2D eigenvalue weighted by molar-refractivity contribution is 0.201. The summed E-state index contributed by atoms with van der Waals surface area (Å²) in [6.07, 6.45) is 5.19. The molecule has 0 aliphatic carbocycles. The monoisotopic (exact) mass is 287 g/mol. The van der Waals surface area contributed by atoms with Crippen LogP contribution in [0.25, 0.3) is 0 Å². The van der Waals surface area contributed by atoms with Gasteiger partial charge in [-0.25, -0.2) is 0 Å². The summed E-state index contributed by atoms with van der Waals surface area (Å²) in [7, 11) is 0. The fourth-order valence-corrected chi connectivity index (χ4v) is 1.78. The molecule has 0 aliphatic heterocycles. The standard InChI is InChI=1S/C15H25NO2.ClH/c1-2-3-4-5-10-16-13-14-6-8-15(9-7-14)18-12-11-17;/h6-9,16-17H,2-5,10-13H2,1H3;1H. The summed E-state index contributed by atoms with van der Waals surface area (Å²) < 4.78 is 5.31. The molecular formula is C15H26ClNO2. The Hall–Kier alpha value is -0.770. The van der Waals surface area contributed by atoms with Gasteiger partial charge in [-0.1, -0.05) is 38.3 Å². The van der Waals surface area contributed by atoms with Crippen molar-refractivity contribution in [2.75, 3.05) is 19.8 Å². The summed E-state index contributed by atoms with van der Waals surface area (Å²) in [6.45, 7) is 4.64. The Morgan fingerprint density at radius 2 is 1.84 bits per heavy atom. The molecule has 0 spiro atoms. The molecule has 0 bridgehead atoms. The van der Waals surface area contributed by atoms with E-state index in [0.29, 0.717) is 6.61 Å². The average Bonchev–Trinajstić information content (AvgIpc) is 2.42. The molecule has 1 aromatic rings. The number of halogens is 1. The van der Waals surface area contributed by atoms with Crippen molar-refractivity contribution in [3.8, 4) is 5.75 Å². The molecule has 0 amide bonds. The van der Waals surface area contributed by atoms with Crippen molar-refractivity contribution in [2.45, 2.75) is 39.2 Å². The van der Waals surface area contributed by atoms with Crippen LogP contribution >= 0.6 is 12.4 Å². The van der Waals surface area contributed by atoms with Crippen molar-refractivity contribution in [3.05, 3.63) is 29.8 Å². The Labute approximate surface area is 122 Å². The first kappa shape index (κ1) is 18.2. The molecule has 0 atom stereocenters. The number of ether oxygens (including phenoxy) is 1. The third kappa shape index (κ3) is 8.87. The van der Waals surface area contributed by atoms with Crippen LogP contribution in [-0.4, -0.2) is 24.9 Å². The molecule has 0 fully saturated rings. The highest BCUT2D eigenvalue weighted by atomic mass is 35.5. The summed E-state index contributed by atoms with van der Waals surface area (Å²) >= 11 is 0. The number of aliphatic hydroxyl groups is 1. The van der Waals surface area contributed by atoms with E-state index in [4.69, 9.17) is 9.84 Å². The molecule has 3 nitrogen and oxygen atoms in total. The van der Waals surface area contributed by atoms with Gasteiger partial charge in [0.05, 0.1) is 6.61 Å². The lowest BCUT2D eigenvalue weighted by Crippen LogP contribution is -2.14. The van der Waals surface area contributed by atoms with E-state index in [9.17, 15) is 0 Å². The lowest BCUT2D eigenvalue weighted by Gasteiger charge is -2.07. The first-order valence-corrected chi connectivity index (χ1v) is 6.90. The van der Waals surface area contributed by atoms with Crippen LogP contribution in [0.2, 0.25) is 0 Å². The Balaban J connectivity index is 0.00000324. The molecule has 2 N–H and O–H groups in total. The van der Waals surface area contributed by atoms with Gasteiger partial charge in [-0.2, -0.15) is 0 Å². The number of hydrogen-bond donors (Lipinski definition) is 2. The minimum atomic E-state index is 0. The predicted molar refractivity (Wildman–Crippen MR) is 82.1 cm³/mol. The van der Waals surface area contributed by atoms with Crippen LogP contribution in [0.1, 0.15) is 38.2 Å². The summed E-state index contributed by atoms with van der Waals surface area (Å²) in [5.41, 5.74) is 1.27. The smallest absolute Gasteiger partial charge is 0.119 e. The maximum Gasteiger partial charge on any atom is 0.119 e. The normalized spacial score (nSPS) is 10.0. The maximum absolute atomic E-state index is 8.65. The number of unbranched alkanes of at least 4 members (excludes halogenated alkanes) is 3. The van der Waals surface area contributed by atoms with E-state index in [1.165, 1.54) is 31.2 Å². The van der Waals surface area contributed by atoms with Crippen LogP contribution < -0.4 is 10.1 Å². The van der Waals surface area contributed by atoms with Gasteiger partial charge in [0.2, 0.25) is 0 Å². The van der Waals surface area contributed by atoms with E-state index in [1.54, 1.807) is 0 Å². The zero-order valence-corrected chi connectivity index (χ0v) is 12.5. The highest BCUT2D eigenvalue weighted by molar-refractivity contribution is 5.85. The predicted octanol–water partition coefficient (Wildman–Crippen LogP) is 3.15. The first-order chi connectivity index (χ1) is 8.86. The summed E-state index contributed by atoms with van der Waals surface area (Å²) in [6, 6.07) is 8.02. The Morgan fingerprint density at radius 1 is 1.11 bits per heavy atom. The van der Waals surface area contributed by atoms with Gasteiger partial charge in [0.25, 0.3) is 0 Å². The second-order valence-corrected chi connectivity index (χ2v) is 4.45. The van der Waals surface area contributed by atoms with Gasteiger partial charge in [0.1, 0.15) is 12.4 Å². The second-order valence-electron chi connectivity index (χ2n) is 4.45. The van der Waals surface area contributed by atoms with Gasteiger partial charge in [0.15, 0.2) is 0 Å². The summed E-state index contributed by atoms with van der Waals surface area (Å²) in [5, 5.41) is 12.1. The van der Waals surface area contributed by atoms with Gasteiger partial charge in [-0.05, 0) is 30.7 Å². The molecule has 0 aliphatic rings. The molecule has 19 heavy (non-hydrogen) atoms. The highest BCUT2D eigenvalue weighted by Gasteiger charge is 1.95. The molecule has 0 heterocycles.